The first-order chi connectivity index (χ1) is 8.32. The molecular weight excluding hydrogens is 321 g/mol. The van der Waals surface area contributed by atoms with Crippen LogP contribution in [0.4, 0.5) is 0 Å². The molecule has 1 aliphatic heterocycles. The van der Waals surface area contributed by atoms with Gasteiger partial charge in [-0.15, -0.1) is 0 Å². The van der Waals surface area contributed by atoms with Gasteiger partial charge >= 0.3 is 5.97 Å². The summed E-state index contributed by atoms with van der Waals surface area (Å²) in [6.45, 7) is 0.537. The predicted molar refractivity (Wildman–Crippen MR) is 72.2 cm³/mol. The van der Waals surface area contributed by atoms with E-state index in [0.717, 1.165) is 5.75 Å². The zero-order chi connectivity index (χ0) is 13.5. The number of thioether (sulfide) groups is 1. The van der Waals surface area contributed by atoms with Crippen molar-refractivity contribution < 1.29 is 14.7 Å². The summed E-state index contributed by atoms with van der Waals surface area (Å²) in [6.07, 6.45) is 0. The Morgan fingerprint density at radius 1 is 1.39 bits per heavy atom. The lowest BCUT2D eigenvalue weighted by atomic mass is 10.2. The lowest BCUT2D eigenvalue weighted by molar-refractivity contribution is 0.0695. The van der Waals surface area contributed by atoms with Gasteiger partial charge in [0.25, 0.3) is 3.79 Å². The molecule has 4 nitrogen and oxygen atoms in total. The van der Waals surface area contributed by atoms with Crippen LogP contribution in [0.25, 0.3) is 0 Å². The summed E-state index contributed by atoms with van der Waals surface area (Å²) in [4.78, 5) is 23.1. The zero-order valence-electron chi connectivity index (χ0n) is 8.95. The highest BCUT2D eigenvalue weighted by Crippen LogP contribution is 2.34. The smallest absolute Gasteiger partial charge is 0.337 e. The Morgan fingerprint density at radius 2 is 2.06 bits per heavy atom. The van der Waals surface area contributed by atoms with E-state index in [1.807, 2.05) is 0 Å². The number of hydrogen-bond acceptors (Lipinski definition) is 3. The van der Waals surface area contributed by atoms with E-state index >= 15 is 0 Å². The maximum absolute atomic E-state index is 12.0. The number of carboxylic acid groups (broad SMARTS) is 1. The van der Waals surface area contributed by atoms with Crippen molar-refractivity contribution in [2.24, 2.45) is 0 Å². The number of fused-ring (bicyclic) bond motifs is 1. The average molecular weight is 329 g/mol. The van der Waals surface area contributed by atoms with Crippen molar-refractivity contribution in [3.8, 4) is 0 Å². The molecule has 98 valence electrons. The topological polar surface area (TPSA) is 59.3 Å². The molecule has 0 amide bonds. The van der Waals surface area contributed by atoms with Crippen molar-refractivity contribution in [3.05, 3.63) is 23.0 Å². The van der Waals surface area contributed by atoms with E-state index < -0.39 is 15.5 Å². The third kappa shape index (κ3) is 2.50. The second-order valence-corrected chi connectivity index (χ2v) is 7.11. The van der Waals surface area contributed by atoms with Crippen LogP contribution in [-0.4, -0.2) is 31.0 Å². The van der Waals surface area contributed by atoms with Gasteiger partial charge in [0.15, 0.2) is 0 Å². The molecule has 18 heavy (non-hydrogen) atoms. The van der Waals surface area contributed by atoms with Gasteiger partial charge < -0.3 is 9.67 Å². The quantitative estimate of drug-likeness (QED) is 0.670. The maximum Gasteiger partial charge on any atom is 0.337 e. The monoisotopic (exact) mass is 327 g/mol. The van der Waals surface area contributed by atoms with Gasteiger partial charge in [0.05, 0.1) is 11.3 Å². The lowest BCUT2D eigenvalue weighted by Gasteiger charge is -2.19. The van der Waals surface area contributed by atoms with Crippen LogP contribution >= 0.6 is 46.6 Å². The summed E-state index contributed by atoms with van der Waals surface area (Å²) in [6, 6.07) is 1.29. The first kappa shape index (κ1) is 14.1. The van der Waals surface area contributed by atoms with E-state index in [1.54, 1.807) is 16.3 Å². The Morgan fingerprint density at radius 3 is 2.61 bits per heavy atom. The largest absolute Gasteiger partial charge is 0.478 e. The number of halogens is 3. The standard InChI is InChI=1S/C10H8Cl3NO3S/c11-10(12,13)8(15)6-3-5(9(16)17)7-4-18-2-1-14(6)7/h3H,1-2,4H2,(H,16,17). The Hall–Kier alpha value is -0.360. The van der Waals surface area contributed by atoms with Crippen LogP contribution in [0.5, 0.6) is 0 Å². The number of aromatic nitrogens is 1. The van der Waals surface area contributed by atoms with Crippen LogP contribution in [0, 0.1) is 0 Å². The molecule has 0 fully saturated rings. The number of rotatable bonds is 2. The molecule has 0 aliphatic carbocycles. The molecule has 0 saturated carbocycles. The molecule has 0 spiro atoms. The summed E-state index contributed by atoms with van der Waals surface area (Å²) in [5.41, 5.74) is 0.832. The highest BCUT2D eigenvalue weighted by atomic mass is 35.6. The fraction of sp³-hybridized carbons (Fsp3) is 0.400. The van der Waals surface area contributed by atoms with Gasteiger partial charge in [0.2, 0.25) is 5.78 Å². The van der Waals surface area contributed by atoms with Crippen molar-refractivity contribution in [1.29, 1.82) is 0 Å². The second-order valence-electron chi connectivity index (χ2n) is 3.73. The summed E-state index contributed by atoms with van der Waals surface area (Å²) in [5, 5.41) is 9.11. The number of Topliss-reactive ketones (excluding diaryl/α,β-unsaturated/α-hetero) is 1. The minimum atomic E-state index is -2.07. The molecule has 2 rings (SSSR count). The van der Waals surface area contributed by atoms with E-state index in [0.29, 0.717) is 18.0 Å². The van der Waals surface area contributed by atoms with Gasteiger partial charge in [-0.05, 0) is 6.07 Å². The number of alkyl halides is 3. The molecule has 1 aromatic rings. The Kier molecular flexibility index (Phi) is 3.88. The highest BCUT2D eigenvalue weighted by molar-refractivity contribution is 7.98. The SMILES string of the molecule is O=C(O)c1cc(C(=O)C(Cl)(Cl)Cl)n2c1CSCC2. The summed E-state index contributed by atoms with van der Waals surface area (Å²) >= 11 is 18.3. The number of aromatic carboxylic acids is 1. The molecule has 0 radical (unpaired) electrons. The molecule has 1 aliphatic rings. The van der Waals surface area contributed by atoms with Gasteiger partial charge in [-0.2, -0.15) is 11.8 Å². The van der Waals surface area contributed by atoms with Crippen LogP contribution < -0.4 is 0 Å². The third-order valence-electron chi connectivity index (χ3n) is 2.63. The van der Waals surface area contributed by atoms with E-state index in [-0.39, 0.29) is 11.3 Å². The fourth-order valence-corrected chi connectivity index (χ4v) is 3.09. The Labute approximate surface area is 122 Å². The maximum atomic E-state index is 12.0. The van der Waals surface area contributed by atoms with Gasteiger partial charge in [0.1, 0.15) is 0 Å². The van der Waals surface area contributed by atoms with Gasteiger partial charge in [0, 0.05) is 23.7 Å². The Bertz CT molecular complexity index is 521. The van der Waals surface area contributed by atoms with Gasteiger partial charge in [-0.3, -0.25) is 4.79 Å². The van der Waals surface area contributed by atoms with Crippen molar-refractivity contribution in [1.82, 2.24) is 4.57 Å². The third-order valence-corrected chi connectivity index (χ3v) is 4.09. The van der Waals surface area contributed by atoms with E-state index in [4.69, 9.17) is 39.9 Å². The molecule has 1 aromatic heterocycles. The van der Waals surface area contributed by atoms with Gasteiger partial charge in [-0.1, -0.05) is 34.8 Å². The van der Waals surface area contributed by atoms with Crippen molar-refractivity contribution in [2.45, 2.75) is 16.1 Å². The molecule has 0 unspecified atom stereocenters. The van der Waals surface area contributed by atoms with Crippen molar-refractivity contribution >= 4 is 58.3 Å². The number of hydrogen-bond donors (Lipinski definition) is 1. The van der Waals surface area contributed by atoms with Crippen LogP contribution in [0.1, 0.15) is 26.5 Å². The van der Waals surface area contributed by atoms with Crippen LogP contribution in [0.2, 0.25) is 0 Å². The zero-order valence-corrected chi connectivity index (χ0v) is 12.0. The van der Waals surface area contributed by atoms with Gasteiger partial charge in [-0.25, -0.2) is 4.79 Å². The summed E-state index contributed by atoms with van der Waals surface area (Å²) in [5.74, 6) is -0.451. The molecule has 1 N–H and O–H groups in total. The van der Waals surface area contributed by atoms with Crippen molar-refractivity contribution in [3.63, 3.8) is 0 Å². The minimum Gasteiger partial charge on any atom is -0.478 e. The van der Waals surface area contributed by atoms with Crippen LogP contribution in [0.15, 0.2) is 6.07 Å². The first-order valence-electron chi connectivity index (χ1n) is 4.97. The van der Waals surface area contributed by atoms with Crippen LogP contribution in [0.3, 0.4) is 0 Å². The number of nitrogens with zero attached hydrogens (tertiary/aromatic N) is 1. The average Bonchev–Trinajstić information content (AvgIpc) is 2.66. The molecule has 0 saturated heterocycles. The molecule has 0 atom stereocenters. The highest BCUT2D eigenvalue weighted by Gasteiger charge is 2.36. The van der Waals surface area contributed by atoms with E-state index in [9.17, 15) is 9.59 Å². The first-order valence-corrected chi connectivity index (χ1v) is 7.26. The minimum absolute atomic E-state index is 0.0970. The molecular formula is C10H8Cl3NO3S. The number of carboxylic acids is 1. The lowest BCUT2D eigenvalue weighted by Crippen LogP contribution is -2.24. The predicted octanol–water partition coefficient (Wildman–Crippen LogP) is 2.99. The number of carbonyl (C=O) groups excluding carboxylic acids is 1. The Balaban J connectivity index is 2.55. The number of ketones is 1. The fourth-order valence-electron chi connectivity index (χ4n) is 1.84. The molecule has 0 bridgehead atoms. The summed E-state index contributed by atoms with van der Waals surface area (Å²) < 4.78 is -0.445. The molecule has 2 heterocycles. The van der Waals surface area contributed by atoms with E-state index in [1.165, 1.54) is 6.07 Å². The molecule has 0 aromatic carbocycles. The number of carbonyl (C=O) groups is 2. The second kappa shape index (κ2) is 4.96. The molecule has 8 heteroatoms. The van der Waals surface area contributed by atoms with E-state index in [2.05, 4.69) is 0 Å². The van der Waals surface area contributed by atoms with Crippen molar-refractivity contribution in [2.75, 3.05) is 5.75 Å². The van der Waals surface area contributed by atoms with Crippen LogP contribution in [-0.2, 0) is 12.3 Å². The summed E-state index contributed by atoms with van der Waals surface area (Å²) in [7, 11) is 0. The normalized spacial score (nSPS) is 15.3.